The highest BCUT2D eigenvalue weighted by atomic mass is 16.3. The van der Waals surface area contributed by atoms with Crippen LogP contribution in [0.3, 0.4) is 0 Å². The Morgan fingerprint density at radius 1 is 1.40 bits per heavy atom. The van der Waals surface area contributed by atoms with Crippen molar-refractivity contribution in [1.29, 1.82) is 0 Å². The third kappa shape index (κ3) is 1.50. The standard InChI is InChI=1S/C14H20O/c1-9(2)14(15)8-11(4)12-6-5-10(3)7-13(12)14/h5-7,9,11,15H,8H2,1-4H3. The number of rotatable bonds is 1. The van der Waals surface area contributed by atoms with Crippen molar-refractivity contribution in [3.63, 3.8) is 0 Å². The molecule has 2 atom stereocenters. The van der Waals surface area contributed by atoms with Gasteiger partial charge in [-0.1, -0.05) is 44.5 Å². The van der Waals surface area contributed by atoms with Crippen LogP contribution in [0.5, 0.6) is 0 Å². The van der Waals surface area contributed by atoms with Crippen molar-refractivity contribution < 1.29 is 5.11 Å². The van der Waals surface area contributed by atoms with Gasteiger partial charge < -0.3 is 5.11 Å². The van der Waals surface area contributed by atoms with E-state index in [0.717, 1.165) is 12.0 Å². The molecule has 1 aromatic carbocycles. The molecule has 1 N–H and O–H groups in total. The minimum Gasteiger partial charge on any atom is -0.385 e. The van der Waals surface area contributed by atoms with Crippen LogP contribution in [0.25, 0.3) is 0 Å². The molecule has 0 spiro atoms. The summed E-state index contributed by atoms with van der Waals surface area (Å²) in [4.78, 5) is 0. The van der Waals surface area contributed by atoms with Crippen LogP contribution in [-0.2, 0) is 5.60 Å². The molecule has 0 saturated heterocycles. The minimum atomic E-state index is -0.610. The van der Waals surface area contributed by atoms with E-state index in [1.54, 1.807) is 0 Å². The Morgan fingerprint density at radius 3 is 2.67 bits per heavy atom. The van der Waals surface area contributed by atoms with Crippen molar-refractivity contribution in [2.24, 2.45) is 5.92 Å². The van der Waals surface area contributed by atoms with Gasteiger partial charge in [-0.25, -0.2) is 0 Å². The molecule has 1 aliphatic carbocycles. The molecule has 0 saturated carbocycles. The Balaban J connectivity index is 2.57. The SMILES string of the molecule is Cc1ccc2c(c1)C(O)(C(C)C)CC2C. The molecule has 0 aromatic heterocycles. The fourth-order valence-electron chi connectivity index (χ4n) is 2.71. The zero-order valence-corrected chi connectivity index (χ0v) is 10.0. The maximum atomic E-state index is 10.7. The molecule has 15 heavy (non-hydrogen) atoms. The molecule has 2 unspecified atom stereocenters. The van der Waals surface area contributed by atoms with Gasteiger partial charge in [0.2, 0.25) is 0 Å². The van der Waals surface area contributed by atoms with E-state index in [1.165, 1.54) is 11.1 Å². The van der Waals surface area contributed by atoms with Crippen molar-refractivity contribution in [2.75, 3.05) is 0 Å². The second kappa shape index (κ2) is 3.34. The number of aliphatic hydroxyl groups is 1. The Morgan fingerprint density at radius 2 is 2.07 bits per heavy atom. The molecule has 0 bridgehead atoms. The number of benzene rings is 1. The highest BCUT2D eigenvalue weighted by molar-refractivity contribution is 5.42. The summed E-state index contributed by atoms with van der Waals surface area (Å²) in [5.41, 5.74) is 3.12. The highest BCUT2D eigenvalue weighted by Crippen LogP contribution is 2.48. The van der Waals surface area contributed by atoms with Gasteiger partial charge in [-0.15, -0.1) is 0 Å². The zero-order valence-electron chi connectivity index (χ0n) is 10.0. The van der Waals surface area contributed by atoms with Gasteiger partial charge in [0.05, 0.1) is 5.60 Å². The van der Waals surface area contributed by atoms with Crippen LogP contribution in [0.2, 0.25) is 0 Å². The van der Waals surface area contributed by atoms with E-state index in [0.29, 0.717) is 5.92 Å². The third-order valence-electron chi connectivity index (χ3n) is 3.78. The lowest BCUT2D eigenvalue weighted by Crippen LogP contribution is -2.29. The van der Waals surface area contributed by atoms with Crippen LogP contribution >= 0.6 is 0 Å². The summed E-state index contributed by atoms with van der Waals surface area (Å²) >= 11 is 0. The van der Waals surface area contributed by atoms with Gasteiger partial charge in [0.25, 0.3) is 0 Å². The summed E-state index contributed by atoms with van der Waals surface area (Å²) in [6.07, 6.45) is 0.865. The smallest absolute Gasteiger partial charge is 0.0927 e. The quantitative estimate of drug-likeness (QED) is 0.743. The van der Waals surface area contributed by atoms with E-state index in [9.17, 15) is 5.11 Å². The van der Waals surface area contributed by atoms with Gasteiger partial charge in [-0.05, 0) is 36.3 Å². The van der Waals surface area contributed by atoms with Gasteiger partial charge in [0.15, 0.2) is 0 Å². The Labute approximate surface area is 92.1 Å². The molecule has 0 heterocycles. The van der Waals surface area contributed by atoms with Crippen molar-refractivity contribution in [2.45, 2.75) is 45.6 Å². The first kappa shape index (κ1) is 10.7. The summed E-state index contributed by atoms with van der Waals surface area (Å²) in [5, 5.41) is 10.7. The normalized spacial score (nSPS) is 29.6. The second-order valence-corrected chi connectivity index (χ2v) is 5.27. The molecule has 1 aromatic rings. The lowest BCUT2D eigenvalue weighted by Gasteiger charge is -2.29. The Bertz CT molecular complexity index is 381. The van der Waals surface area contributed by atoms with Crippen molar-refractivity contribution in [3.8, 4) is 0 Å². The first-order valence-corrected chi connectivity index (χ1v) is 5.78. The molecular formula is C14H20O. The predicted octanol–water partition coefficient (Wildman–Crippen LogP) is 3.35. The maximum Gasteiger partial charge on any atom is 0.0927 e. The highest BCUT2D eigenvalue weighted by Gasteiger charge is 2.42. The predicted molar refractivity (Wildman–Crippen MR) is 62.9 cm³/mol. The molecule has 1 aliphatic rings. The molecule has 0 amide bonds. The number of hydrogen-bond donors (Lipinski definition) is 1. The van der Waals surface area contributed by atoms with E-state index in [1.807, 2.05) is 0 Å². The second-order valence-electron chi connectivity index (χ2n) is 5.27. The topological polar surface area (TPSA) is 20.2 Å². The first-order valence-electron chi connectivity index (χ1n) is 5.78. The lowest BCUT2D eigenvalue weighted by atomic mass is 9.84. The Hall–Kier alpha value is -0.820. The summed E-state index contributed by atoms with van der Waals surface area (Å²) in [5.74, 6) is 0.760. The van der Waals surface area contributed by atoms with Crippen molar-refractivity contribution >= 4 is 0 Å². The van der Waals surface area contributed by atoms with Gasteiger partial charge in [0.1, 0.15) is 0 Å². The number of aryl methyl sites for hydroxylation is 1. The fourth-order valence-corrected chi connectivity index (χ4v) is 2.71. The molecule has 0 aliphatic heterocycles. The van der Waals surface area contributed by atoms with Crippen LogP contribution < -0.4 is 0 Å². The van der Waals surface area contributed by atoms with E-state index >= 15 is 0 Å². The van der Waals surface area contributed by atoms with E-state index < -0.39 is 5.60 Å². The fraction of sp³-hybridized carbons (Fsp3) is 0.571. The molecular weight excluding hydrogens is 184 g/mol. The molecule has 1 nitrogen and oxygen atoms in total. The molecule has 0 radical (unpaired) electrons. The summed E-state index contributed by atoms with van der Waals surface area (Å²) in [7, 11) is 0. The van der Waals surface area contributed by atoms with Gasteiger partial charge in [-0.2, -0.15) is 0 Å². The molecule has 2 rings (SSSR count). The van der Waals surface area contributed by atoms with E-state index in [2.05, 4.69) is 45.9 Å². The van der Waals surface area contributed by atoms with Crippen LogP contribution in [0.15, 0.2) is 18.2 Å². The monoisotopic (exact) mass is 204 g/mol. The molecule has 0 fully saturated rings. The maximum absolute atomic E-state index is 10.7. The average Bonchev–Trinajstić information content (AvgIpc) is 2.40. The van der Waals surface area contributed by atoms with Crippen LogP contribution in [-0.4, -0.2) is 5.11 Å². The minimum absolute atomic E-state index is 0.281. The summed E-state index contributed by atoms with van der Waals surface area (Å²) in [6.45, 7) is 8.49. The first-order chi connectivity index (χ1) is 6.95. The van der Waals surface area contributed by atoms with Gasteiger partial charge >= 0.3 is 0 Å². The molecule has 82 valence electrons. The van der Waals surface area contributed by atoms with Crippen LogP contribution in [0.4, 0.5) is 0 Å². The van der Waals surface area contributed by atoms with Crippen LogP contribution in [0, 0.1) is 12.8 Å². The lowest BCUT2D eigenvalue weighted by molar-refractivity contribution is -0.0117. The third-order valence-corrected chi connectivity index (χ3v) is 3.78. The number of hydrogen-bond acceptors (Lipinski definition) is 1. The largest absolute Gasteiger partial charge is 0.385 e. The zero-order chi connectivity index (χ0) is 11.2. The summed E-state index contributed by atoms with van der Waals surface area (Å²) in [6, 6.07) is 6.47. The molecule has 1 heteroatoms. The number of fused-ring (bicyclic) bond motifs is 1. The van der Waals surface area contributed by atoms with E-state index in [-0.39, 0.29) is 5.92 Å². The summed E-state index contributed by atoms with van der Waals surface area (Å²) < 4.78 is 0. The van der Waals surface area contributed by atoms with E-state index in [4.69, 9.17) is 0 Å². The average molecular weight is 204 g/mol. The van der Waals surface area contributed by atoms with Crippen molar-refractivity contribution in [1.82, 2.24) is 0 Å². The van der Waals surface area contributed by atoms with Gasteiger partial charge in [0, 0.05) is 0 Å². The van der Waals surface area contributed by atoms with Crippen LogP contribution in [0.1, 0.15) is 49.8 Å². The Kier molecular flexibility index (Phi) is 2.38. The van der Waals surface area contributed by atoms with Crippen molar-refractivity contribution in [3.05, 3.63) is 34.9 Å². The van der Waals surface area contributed by atoms with Gasteiger partial charge in [-0.3, -0.25) is 0 Å².